The fourth-order valence-electron chi connectivity index (χ4n) is 3.10. The van der Waals surface area contributed by atoms with Crippen molar-refractivity contribution in [3.8, 4) is 0 Å². The fourth-order valence-corrected chi connectivity index (χ4v) is 3.10. The van der Waals surface area contributed by atoms with E-state index >= 15 is 0 Å². The Morgan fingerprint density at radius 1 is 0.619 bits per heavy atom. The molecular formula is C18H9BO2. The molecule has 2 nitrogen and oxygen atoms in total. The summed E-state index contributed by atoms with van der Waals surface area (Å²) in [5.41, 5.74) is 4.19. The lowest BCUT2D eigenvalue weighted by molar-refractivity contribution is 0.663. The zero-order valence-electron chi connectivity index (χ0n) is 11.1. The van der Waals surface area contributed by atoms with Gasteiger partial charge in [-0.1, -0.05) is 35.8 Å². The van der Waals surface area contributed by atoms with Gasteiger partial charge < -0.3 is 8.83 Å². The number of hydrogen-bond donors (Lipinski definition) is 0. The van der Waals surface area contributed by atoms with Gasteiger partial charge in [0.15, 0.2) is 0 Å². The van der Waals surface area contributed by atoms with Crippen LogP contribution < -0.4 is 5.46 Å². The molecule has 0 aliphatic carbocycles. The van der Waals surface area contributed by atoms with E-state index in [9.17, 15) is 0 Å². The van der Waals surface area contributed by atoms with Gasteiger partial charge in [-0.15, -0.1) is 0 Å². The first kappa shape index (κ1) is 11.0. The Morgan fingerprint density at radius 2 is 1.24 bits per heavy atom. The summed E-state index contributed by atoms with van der Waals surface area (Å²) in [5.74, 6) is 0. The summed E-state index contributed by atoms with van der Waals surface area (Å²) in [6, 6.07) is 17.7. The van der Waals surface area contributed by atoms with Gasteiger partial charge >= 0.3 is 0 Å². The van der Waals surface area contributed by atoms with Gasteiger partial charge in [-0.25, -0.2) is 0 Å². The third-order valence-electron chi connectivity index (χ3n) is 4.00. The minimum atomic E-state index is 0.731. The number of rotatable bonds is 0. The third-order valence-corrected chi connectivity index (χ3v) is 4.00. The summed E-state index contributed by atoms with van der Waals surface area (Å²) >= 11 is 0. The molecule has 96 valence electrons. The van der Waals surface area contributed by atoms with Gasteiger partial charge in [0.05, 0.1) is 0 Å². The highest BCUT2D eigenvalue weighted by Gasteiger charge is 2.15. The average Bonchev–Trinajstić information content (AvgIpc) is 3.04. The van der Waals surface area contributed by atoms with Crippen molar-refractivity contribution in [3.63, 3.8) is 0 Å². The van der Waals surface area contributed by atoms with Crippen molar-refractivity contribution >= 4 is 57.2 Å². The molecule has 0 spiro atoms. The van der Waals surface area contributed by atoms with Gasteiger partial charge in [-0.05, 0) is 24.3 Å². The first-order valence-electron chi connectivity index (χ1n) is 6.83. The highest BCUT2D eigenvalue weighted by Crippen LogP contribution is 2.39. The number of para-hydroxylation sites is 1. The van der Waals surface area contributed by atoms with Crippen molar-refractivity contribution in [1.82, 2.24) is 0 Å². The van der Waals surface area contributed by atoms with Crippen LogP contribution in [-0.4, -0.2) is 7.85 Å². The lowest BCUT2D eigenvalue weighted by atomic mass is 9.94. The second-order valence-corrected chi connectivity index (χ2v) is 5.27. The summed E-state index contributed by atoms with van der Waals surface area (Å²) in [6.45, 7) is 0. The van der Waals surface area contributed by atoms with E-state index < -0.39 is 0 Å². The van der Waals surface area contributed by atoms with Crippen molar-refractivity contribution in [2.45, 2.75) is 0 Å². The summed E-state index contributed by atoms with van der Waals surface area (Å²) in [6.07, 6.45) is 0. The van der Waals surface area contributed by atoms with Crippen LogP contribution in [0.5, 0.6) is 0 Å². The molecule has 0 saturated carbocycles. The molecule has 0 bridgehead atoms. The topological polar surface area (TPSA) is 26.3 Å². The summed E-state index contributed by atoms with van der Waals surface area (Å²) in [5, 5.41) is 4.29. The van der Waals surface area contributed by atoms with Gasteiger partial charge in [-0.2, -0.15) is 0 Å². The SMILES string of the molecule is [B]c1ccc2oc3ccc4oc5ccccc5c4c3c2c1. The molecule has 5 rings (SSSR count). The quantitative estimate of drug-likeness (QED) is 0.392. The van der Waals surface area contributed by atoms with E-state index in [2.05, 4.69) is 6.07 Å². The highest BCUT2D eigenvalue weighted by molar-refractivity contribution is 6.34. The van der Waals surface area contributed by atoms with E-state index in [1.807, 2.05) is 48.5 Å². The molecule has 0 unspecified atom stereocenters. The Kier molecular flexibility index (Phi) is 1.94. The lowest BCUT2D eigenvalue weighted by Crippen LogP contribution is -1.98. The molecule has 2 heterocycles. The van der Waals surface area contributed by atoms with E-state index in [1.165, 1.54) is 0 Å². The second-order valence-electron chi connectivity index (χ2n) is 5.27. The second kappa shape index (κ2) is 3.70. The minimum Gasteiger partial charge on any atom is -0.456 e. The van der Waals surface area contributed by atoms with Gasteiger partial charge in [0.2, 0.25) is 0 Å². The molecule has 0 aliphatic rings. The zero-order valence-corrected chi connectivity index (χ0v) is 11.1. The number of fused-ring (bicyclic) bond motifs is 7. The average molecular weight is 268 g/mol. The monoisotopic (exact) mass is 268 g/mol. The summed E-state index contributed by atoms with van der Waals surface area (Å²) < 4.78 is 11.9. The number of hydrogen-bond acceptors (Lipinski definition) is 2. The molecule has 2 radical (unpaired) electrons. The number of benzene rings is 3. The van der Waals surface area contributed by atoms with Crippen LogP contribution in [0.4, 0.5) is 0 Å². The van der Waals surface area contributed by atoms with E-state index in [0.29, 0.717) is 0 Å². The molecule has 0 fully saturated rings. The molecule has 0 N–H and O–H groups in total. The Hall–Kier alpha value is -2.68. The van der Waals surface area contributed by atoms with Gasteiger partial charge in [-0.3, -0.25) is 0 Å². The molecule has 0 saturated heterocycles. The van der Waals surface area contributed by atoms with Crippen molar-refractivity contribution in [1.29, 1.82) is 0 Å². The largest absolute Gasteiger partial charge is 0.456 e. The van der Waals surface area contributed by atoms with Crippen molar-refractivity contribution in [2.24, 2.45) is 0 Å². The number of furan rings is 2. The van der Waals surface area contributed by atoms with Crippen molar-refractivity contribution in [3.05, 3.63) is 54.6 Å². The molecule has 2 aromatic heterocycles. The third kappa shape index (κ3) is 1.38. The van der Waals surface area contributed by atoms with Crippen LogP contribution in [0.25, 0.3) is 43.9 Å². The maximum absolute atomic E-state index is 5.94. The Balaban J connectivity index is 2.16. The smallest absolute Gasteiger partial charge is 0.136 e. The molecule has 0 amide bonds. The van der Waals surface area contributed by atoms with Crippen LogP contribution in [0, 0.1) is 0 Å². The minimum absolute atomic E-state index is 0.731. The van der Waals surface area contributed by atoms with E-state index in [4.69, 9.17) is 16.7 Å². The van der Waals surface area contributed by atoms with E-state index in [-0.39, 0.29) is 0 Å². The van der Waals surface area contributed by atoms with Crippen LogP contribution in [0.3, 0.4) is 0 Å². The molecule has 3 aromatic carbocycles. The molecule has 0 aliphatic heterocycles. The highest BCUT2D eigenvalue weighted by atomic mass is 16.3. The molecule has 0 atom stereocenters. The fraction of sp³-hybridized carbons (Fsp3) is 0. The van der Waals surface area contributed by atoms with Crippen LogP contribution in [-0.2, 0) is 0 Å². The van der Waals surface area contributed by atoms with Crippen LogP contribution in [0.2, 0.25) is 0 Å². The predicted octanol–water partition coefficient (Wildman–Crippen LogP) is 4.28. The molecule has 21 heavy (non-hydrogen) atoms. The van der Waals surface area contributed by atoms with E-state index in [1.54, 1.807) is 0 Å². The Bertz CT molecular complexity index is 1150. The summed E-state index contributed by atoms with van der Waals surface area (Å²) in [7, 11) is 5.94. The van der Waals surface area contributed by atoms with Crippen molar-refractivity contribution in [2.75, 3.05) is 0 Å². The first-order chi connectivity index (χ1) is 10.3. The molecular weight excluding hydrogens is 259 g/mol. The van der Waals surface area contributed by atoms with Crippen LogP contribution >= 0.6 is 0 Å². The van der Waals surface area contributed by atoms with Gasteiger partial charge in [0.1, 0.15) is 30.2 Å². The molecule has 5 aromatic rings. The lowest BCUT2D eigenvalue weighted by Gasteiger charge is -1.94. The van der Waals surface area contributed by atoms with Crippen LogP contribution in [0.1, 0.15) is 0 Å². The van der Waals surface area contributed by atoms with E-state index in [0.717, 1.165) is 49.3 Å². The summed E-state index contributed by atoms with van der Waals surface area (Å²) in [4.78, 5) is 0. The maximum atomic E-state index is 5.94. The maximum Gasteiger partial charge on any atom is 0.136 e. The normalized spacial score (nSPS) is 12.0. The van der Waals surface area contributed by atoms with Gasteiger partial charge in [0.25, 0.3) is 0 Å². The standard InChI is InChI=1S/C18H9BO2/c19-10-5-6-14-12(9-10)18-16(21-14)8-7-15-17(18)11-3-1-2-4-13(11)20-15/h1-9H. The van der Waals surface area contributed by atoms with Crippen LogP contribution in [0.15, 0.2) is 63.4 Å². The van der Waals surface area contributed by atoms with Crippen molar-refractivity contribution < 1.29 is 8.83 Å². The Morgan fingerprint density at radius 3 is 2.05 bits per heavy atom. The predicted molar refractivity (Wildman–Crippen MR) is 86.4 cm³/mol. The zero-order chi connectivity index (χ0) is 14.0. The Labute approximate surface area is 121 Å². The molecule has 3 heteroatoms. The first-order valence-corrected chi connectivity index (χ1v) is 6.83. The van der Waals surface area contributed by atoms with Gasteiger partial charge in [0, 0.05) is 21.5 Å².